The van der Waals surface area contributed by atoms with Gasteiger partial charge in [-0.1, -0.05) is 18.1 Å². The number of ether oxygens (including phenoxy) is 1. The van der Waals surface area contributed by atoms with Gasteiger partial charge in [-0.05, 0) is 51.5 Å². The minimum Gasteiger partial charge on any atom is -0.481 e. The Kier molecular flexibility index (Phi) is 5.70. The summed E-state index contributed by atoms with van der Waals surface area (Å²) in [5.41, 5.74) is 4.49. The number of carbonyl (C=O) groups excluding carboxylic acids is 1. The summed E-state index contributed by atoms with van der Waals surface area (Å²) >= 11 is 1.58. The number of thioether (sulfide) groups is 1. The summed E-state index contributed by atoms with van der Waals surface area (Å²) in [6, 6.07) is 9.69. The number of aromatic nitrogens is 4. The molecule has 1 aliphatic rings. The van der Waals surface area contributed by atoms with Crippen molar-refractivity contribution in [1.29, 1.82) is 0 Å². The number of hydrogen-bond acceptors (Lipinski definition) is 6. The van der Waals surface area contributed by atoms with E-state index >= 15 is 0 Å². The van der Waals surface area contributed by atoms with E-state index in [1.54, 1.807) is 16.4 Å². The van der Waals surface area contributed by atoms with Gasteiger partial charge in [-0.25, -0.2) is 9.97 Å². The number of hydrogen-bond donors (Lipinski definition) is 1. The maximum absolute atomic E-state index is 12.8. The lowest BCUT2D eigenvalue weighted by atomic mass is 10.0. The number of carbonyl (C=O) groups is 1. The third-order valence-electron chi connectivity index (χ3n) is 4.98. The highest BCUT2D eigenvalue weighted by Crippen LogP contribution is 2.46. The SMILES string of the molecule is C#CCOc1ccc(C2SC(C)C(=O)Nc3c2c(C)nn3-c2nc(C)cc(C)n2)cc1. The van der Waals surface area contributed by atoms with Crippen LogP contribution in [0.25, 0.3) is 5.95 Å². The Morgan fingerprint density at radius 3 is 2.52 bits per heavy atom. The lowest BCUT2D eigenvalue weighted by Gasteiger charge is -2.18. The van der Waals surface area contributed by atoms with E-state index in [0.29, 0.717) is 17.5 Å². The molecule has 8 heteroatoms. The van der Waals surface area contributed by atoms with E-state index in [-0.39, 0.29) is 23.0 Å². The molecule has 1 amide bonds. The molecule has 1 N–H and O–H groups in total. The summed E-state index contributed by atoms with van der Waals surface area (Å²) in [4.78, 5) is 21.9. The second-order valence-electron chi connectivity index (χ2n) is 7.42. The van der Waals surface area contributed by atoms with E-state index in [0.717, 1.165) is 28.2 Å². The zero-order valence-corrected chi connectivity index (χ0v) is 18.7. The molecule has 2 atom stereocenters. The Hall–Kier alpha value is -3.31. The number of nitrogens with one attached hydrogen (secondary N) is 1. The largest absolute Gasteiger partial charge is 0.481 e. The van der Waals surface area contributed by atoms with Gasteiger partial charge in [0, 0.05) is 17.0 Å². The van der Waals surface area contributed by atoms with Gasteiger partial charge in [0.05, 0.1) is 16.2 Å². The zero-order valence-electron chi connectivity index (χ0n) is 17.8. The van der Waals surface area contributed by atoms with E-state index in [1.165, 1.54) is 0 Å². The van der Waals surface area contributed by atoms with Crippen LogP contribution in [0.2, 0.25) is 0 Å². The highest BCUT2D eigenvalue weighted by atomic mass is 32.2. The van der Waals surface area contributed by atoms with Crippen molar-refractivity contribution in [2.45, 2.75) is 38.2 Å². The molecule has 0 saturated carbocycles. The number of terminal acetylenes is 1. The normalized spacial score (nSPS) is 18.0. The first-order valence-electron chi connectivity index (χ1n) is 9.92. The van der Waals surface area contributed by atoms with Crippen LogP contribution in [-0.2, 0) is 4.79 Å². The number of aryl methyl sites for hydroxylation is 3. The minimum atomic E-state index is -0.247. The van der Waals surface area contributed by atoms with Crippen LogP contribution < -0.4 is 10.1 Å². The molecule has 158 valence electrons. The van der Waals surface area contributed by atoms with E-state index in [2.05, 4.69) is 21.2 Å². The predicted octanol–water partition coefficient (Wildman–Crippen LogP) is 3.76. The van der Waals surface area contributed by atoms with E-state index in [9.17, 15) is 4.79 Å². The molecule has 4 rings (SSSR count). The molecule has 7 nitrogen and oxygen atoms in total. The Bertz CT molecular complexity index is 1160. The van der Waals surface area contributed by atoms with Crippen molar-refractivity contribution in [3.63, 3.8) is 0 Å². The van der Waals surface area contributed by atoms with E-state index in [1.807, 2.05) is 58.0 Å². The van der Waals surface area contributed by atoms with Crippen LogP contribution in [-0.4, -0.2) is 37.5 Å². The second kappa shape index (κ2) is 8.44. The minimum absolute atomic E-state index is 0.0757. The molecule has 3 aromatic rings. The van der Waals surface area contributed by atoms with Crippen LogP contribution in [0, 0.1) is 33.1 Å². The molecule has 2 aromatic heterocycles. The van der Waals surface area contributed by atoms with Crippen LogP contribution in [0.1, 0.15) is 40.4 Å². The molecule has 31 heavy (non-hydrogen) atoms. The van der Waals surface area contributed by atoms with Crippen LogP contribution in [0.4, 0.5) is 5.82 Å². The molecule has 1 aromatic carbocycles. The van der Waals surface area contributed by atoms with Gasteiger partial charge in [-0.15, -0.1) is 18.2 Å². The smallest absolute Gasteiger partial charge is 0.252 e. The summed E-state index contributed by atoms with van der Waals surface area (Å²) in [5, 5.41) is 7.41. The quantitative estimate of drug-likeness (QED) is 0.631. The maximum Gasteiger partial charge on any atom is 0.252 e. The molecule has 0 saturated heterocycles. The van der Waals surface area contributed by atoms with Gasteiger partial charge < -0.3 is 10.1 Å². The second-order valence-corrected chi connectivity index (χ2v) is 8.87. The van der Waals surface area contributed by atoms with Crippen molar-refractivity contribution >= 4 is 23.5 Å². The molecular weight excluding hydrogens is 410 g/mol. The van der Waals surface area contributed by atoms with Gasteiger partial charge in [0.1, 0.15) is 18.2 Å². The number of fused-ring (bicyclic) bond motifs is 1. The first-order chi connectivity index (χ1) is 14.9. The molecule has 2 unspecified atom stereocenters. The molecule has 0 fully saturated rings. The monoisotopic (exact) mass is 433 g/mol. The molecule has 1 aliphatic heterocycles. The Balaban J connectivity index is 1.82. The Morgan fingerprint density at radius 1 is 1.19 bits per heavy atom. The van der Waals surface area contributed by atoms with E-state index < -0.39 is 0 Å². The van der Waals surface area contributed by atoms with Gasteiger partial charge >= 0.3 is 0 Å². The molecule has 0 bridgehead atoms. The predicted molar refractivity (Wildman–Crippen MR) is 122 cm³/mol. The summed E-state index contributed by atoms with van der Waals surface area (Å²) in [6.45, 7) is 7.90. The average molecular weight is 434 g/mol. The van der Waals surface area contributed by atoms with Gasteiger partial charge in [0.15, 0.2) is 0 Å². The molecule has 0 radical (unpaired) electrons. The molecular formula is C23H23N5O2S. The third-order valence-corrected chi connectivity index (χ3v) is 6.39. The fourth-order valence-electron chi connectivity index (χ4n) is 3.58. The van der Waals surface area contributed by atoms with Crippen LogP contribution in [0.15, 0.2) is 30.3 Å². The lowest BCUT2D eigenvalue weighted by molar-refractivity contribution is -0.115. The first kappa shape index (κ1) is 20.9. The fourth-order valence-corrected chi connectivity index (χ4v) is 4.90. The van der Waals surface area contributed by atoms with Crippen molar-refractivity contribution in [1.82, 2.24) is 19.7 Å². The van der Waals surface area contributed by atoms with E-state index in [4.69, 9.17) is 16.3 Å². The number of nitrogens with zero attached hydrogens (tertiary/aromatic N) is 4. The standard InChI is InChI=1S/C23H23N5O2S/c1-6-11-30-18-9-7-17(8-10-18)20-19-15(4)27-28(21(19)26-22(29)16(5)31-20)23-24-13(2)12-14(3)25-23/h1,7-10,12,16,20H,11H2,2-5H3,(H,26,29). The lowest BCUT2D eigenvalue weighted by Crippen LogP contribution is -2.23. The molecule has 0 aliphatic carbocycles. The van der Waals surface area contributed by atoms with Crippen LogP contribution >= 0.6 is 11.8 Å². The highest BCUT2D eigenvalue weighted by Gasteiger charge is 2.34. The van der Waals surface area contributed by atoms with Crippen molar-refractivity contribution in [2.24, 2.45) is 0 Å². The number of rotatable bonds is 4. The maximum atomic E-state index is 12.8. The summed E-state index contributed by atoms with van der Waals surface area (Å²) < 4.78 is 7.13. The van der Waals surface area contributed by atoms with Crippen LogP contribution in [0.5, 0.6) is 5.75 Å². The number of anilines is 1. The summed E-state index contributed by atoms with van der Waals surface area (Å²) in [5.74, 6) is 4.15. The number of benzene rings is 1. The van der Waals surface area contributed by atoms with Crippen molar-refractivity contribution in [3.05, 3.63) is 58.5 Å². The fraction of sp³-hybridized carbons (Fsp3) is 0.304. The highest BCUT2D eigenvalue weighted by molar-refractivity contribution is 8.01. The Labute approximate surface area is 185 Å². The Morgan fingerprint density at radius 2 is 1.87 bits per heavy atom. The van der Waals surface area contributed by atoms with Crippen LogP contribution in [0.3, 0.4) is 0 Å². The first-order valence-corrected chi connectivity index (χ1v) is 10.9. The average Bonchev–Trinajstić information content (AvgIpc) is 2.98. The third kappa shape index (κ3) is 4.14. The van der Waals surface area contributed by atoms with Crippen molar-refractivity contribution in [2.75, 3.05) is 11.9 Å². The van der Waals surface area contributed by atoms with Gasteiger partial charge in [-0.2, -0.15) is 9.78 Å². The topological polar surface area (TPSA) is 81.9 Å². The van der Waals surface area contributed by atoms with Gasteiger partial charge in [0.25, 0.3) is 5.95 Å². The van der Waals surface area contributed by atoms with Gasteiger partial charge in [-0.3, -0.25) is 4.79 Å². The summed E-state index contributed by atoms with van der Waals surface area (Å²) in [7, 11) is 0. The zero-order chi connectivity index (χ0) is 22.1. The van der Waals surface area contributed by atoms with Gasteiger partial charge in [0.2, 0.25) is 5.91 Å². The number of amides is 1. The van der Waals surface area contributed by atoms with Crippen molar-refractivity contribution in [3.8, 4) is 24.0 Å². The molecule has 3 heterocycles. The summed E-state index contributed by atoms with van der Waals surface area (Å²) in [6.07, 6.45) is 5.27. The molecule has 0 spiro atoms. The van der Waals surface area contributed by atoms with Crippen molar-refractivity contribution < 1.29 is 9.53 Å².